The molecular formula is C14H21NO3. The highest BCUT2D eigenvalue weighted by Gasteiger charge is 2.21. The number of phenolic OH excluding ortho intramolecular Hbond substituents is 1. The van der Waals surface area contributed by atoms with Gasteiger partial charge >= 0.3 is 5.97 Å². The average molecular weight is 251 g/mol. The van der Waals surface area contributed by atoms with Crippen molar-refractivity contribution in [2.24, 2.45) is 5.92 Å². The van der Waals surface area contributed by atoms with Gasteiger partial charge in [0, 0.05) is 6.04 Å². The van der Waals surface area contributed by atoms with E-state index in [1.165, 1.54) is 0 Å². The number of rotatable bonds is 6. The van der Waals surface area contributed by atoms with Gasteiger partial charge in [0.2, 0.25) is 0 Å². The number of aliphatic carboxylic acids is 1. The van der Waals surface area contributed by atoms with Crippen LogP contribution in [-0.4, -0.2) is 22.2 Å². The molecule has 4 heteroatoms. The monoisotopic (exact) mass is 251 g/mol. The summed E-state index contributed by atoms with van der Waals surface area (Å²) in [6.45, 7) is 5.89. The first kappa shape index (κ1) is 14.5. The molecule has 1 aromatic carbocycles. The first-order valence-corrected chi connectivity index (χ1v) is 6.18. The lowest BCUT2D eigenvalue weighted by atomic mass is 10.0. The van der Waals surface area contributed by atoms with E-state index in [1.807, 2.05) is 26.8 Å². The second-order valence-electron chi connectivity index (χ2n) is 5.00. The van der Waals surface area contributed by atoms with Crippen molar-refractivity contribution in [2.45, 2.75) is 39.3 Å². The first-order valence-electron chi connectivity index (χ1n) is 6.18. The highest BCUT2D eigenvalue weighted by atomic mass is 16.4. The first-order chi connectivity index (χ1) is 8.40. The van der Waals surface area contributed by atoms with Crippen LogP contribution in [0.4, 0.5) is 0 Å². The fraction of sp³-hybridized carbons (Fsp3) is 0.500. The van der Waals surface area contributed by atoms with Gasteiger partial charge in [0.15, 0.2) is 0 Å². The molecule has 0 aromatic heterocycles. The molecule has 0 saturated carbocycles. The Kier molecular flexibility index (Phi) is 5.16. The molecule has 1 aromatic rings. The van der Waals surface area contributed by atoms with Crippen LogP contribution in [0.5, 0.6) is 5.75 Å². The lowest BCUT2D eigenvalue weighted by Gasteiger charge is -2.22. The number of carboxylic acid groups (broad SMARTS) is 1. The van der Waals surface area contributed by atoms with Crippen LogP contribution in [0, 0.1) is 5.92 Å². The molecule has 100 valence electrons. The van der Waals surface area contributed by atoms with E-state index in [9.17, 15) is 9.90 Å². The number of hydrogen-bond donors (Lipinski definition) is 3. The van der Waals surface area contributed by atoms with Crippen LogP contribution in [0.1, 0.15) is 38.8 Å². The van der Waals surface area contributed by atoms with E-state index in [2.05, 4.69) is 5.32 Å². The summed E-state index contributed by atoms with van der Waals surface area (Å²) in [5, 5.41) is 21.6. The van der Waals surface area contributed by atoms with Gasteiger partial charge in [-0.3, -0.25) is 10.1 Å². The maximum Gasteiger partial charge on any atom is 0.320 e. The summed E-state index contributed by atoms with van der Waals surface area (Å²) in [5.41, 5.74) is 0.880. The second kappa shape index (κ2) is 6.40. The molecule has 1 rings (SSSR count). The zero-order chi connectivity index (χ0) is 13.7. The van der Waals surface area contributed by atoms with Gasteiger partial charge in [-0.1, -0.05) is 26.0 Å². The quantitative estimate of drug-likeness (QED) is 0.726. The Morgan fingerprint density at radius 2 is 2.00 bits per heavy atom. The summed E-state index contributed by atoms with van der Waals surface area (Å²) >= 11 is 0. The largest absolute Gasteiger partial charge is 0.508 e. The number of carbonyl (C=O) groups is 1. The molecule has 2 unspecified atom stereocenters. The van der Waals surface area contributed by atoms with Gasteiger partial charge in [0.25, 0.3) is 0 Å². The van der Waals surface area contributed by atoms with Crippen LogP contribution < -0.4 is 5.32 Å². The van der Waals surface area contributed by atoms with E-state index in [0.29, 0.717) is 12.3 Å². The highest BCUT2D eigenvalue weighted by Crippen LogP contribution is 2.19. The Hall–Kier alpha value is -1.55. The predicted molar refractivity (Wildman–Crippen MR) is 70.5 cm³/mol. The lowest BCUT2D eigenvalue weighted by molar-refractivity contribution is -0.140. The van der Waals surface area contributed by atoms with Crippen molar-refractivity contribution in [3.8, 4) is 5.75 Å². The van der Waals surface area contributed by atoms with Crippen molar-refractivity contribution in [1.29, 1.82) is 0 Å². The number of nitrogens with one attached hydrogen (secondary N) is 1. The summed E-state index contributed by atoms with van der Waals surface area (Å²) in [5.74, 6) is -0.331. The van der Waals surface area contributed by atoms with Gasteiger partial charge in [-0.25, -0.2) is 0 Å². The number of hydrogen-bond acceptors (Lipinski definition) is 3. The average Bonchev–Trinajstić information content (AvgIpc) is 2.27. The van der Waals surface area contributed by atoms with E-state index in [0.717, 1.165) is 5.56 Å². The minimum absolute atomic E-state index is 0.114. The summed E-state index contributed by atoms with van der Waals surface area (Å²) < 4.78 is 0. The molecule has 0 aliphatic heterocycles. The van der Waals surface area contributed by atoms with Gasteiger partial charge in [0.1, 0.15) is 11.8 Å². The van der Waals surface area contributed by atoms with Gasteiger partial charge in [-0.2, -0.15) is 0 Å². The van der Waals surface area contributed by atoms with E-state index < -0.39 is 12.0 Å². The standard InChI is InChI=1S/C14H21NO3/c1-9(2)7-13(14(17)18)15-10(3)11-5-4-6-12(16)8-11/h4-6,8-10,13,15-16H,7H2,1-3H3,(H,17,18). The molecule has 0 aliphatic carbocycles. The molecule has 0 amide bonds. The van der Waals surface area contributed by atoms with Crippen molar-refractivity contribution in [3.63, 3.8) is 0 Å². The predicted octanol–water partition coefficient (Wildman–Crippen LogP) is 2.54. The zero-order valence-electron chi connectivity index (χ0n) is 11.1. The number of aromatic hydroxyl groups is 1. The Labute approximate surface area is 108 Å². The minimum atomic E-state index is -0.837. The van der Waals surface area contributed by atoms with Crippen LogP contribution in [0.15, 0.2) is 24.3 Å². The summed E-state index contributed by atoms with van der Waals surface area (Å²) in [6, 6.07) is 6.18. The van der Waals surface area contributed by atoms with Gasteiger partial charge in [-0.15, -0.1) is 0 Å². The van der Waals surface area contributed by atoms with Crippen molar-refractivity contribution < 1.29 is 15.0 Å². The molecule has 0 bridgehead atoms. The minimum Gasteiger partial charge on any atom is -0.508 e. The van der Waals surface area contributed by atoms with E-state index in [4.69, 9.17) is 5.11 Å². The number of phenols is 1. The third kappa shape index (κ3) is 4.37. The van der Waals surface area contributed by atoms with Crippen LogP contribution in [0.25, 0.3) is 0 Å². The van der Waals surface area contributed by atoms with Gasteiger partial charge in [0.05, 0.1) is 0 Å². The van der Waals surface area contributed by atoms with Crippen LogP contribution in [0.2, 0.25) is 0 Å². The third-order valence-electron chi connectivity index (χ3n) is 2.83. The van der Waals surface area contributed by atoms with Gasteiger partial charge < -0.3 is 10.2 Å². The molecule has 0 aliphatic rings. The summed E-state index contributed by atoms with van der Waals surface area (Å²) in [6.07, 6.45) is 0.582. The van der Waals surface area contributed by atoms with Crippen molar-refractivity contribution in [2.75, 3.05) is 0 Å². The van der Waals surface area contributed by atoms with E-state index in [-0.39, 0.29) is 11.8 Å². The van der Waals surface area contributed by atoms with E-state index >= 15 is 0 Å². The van der Waals surface area contributed by atoms with E-state index in [1.54, 1.807) is 18.2 Å². The van der Waals surface area contributed by atoms with Crippen molar-refractivity contribution in [3.05, 3.63) is 29.8 Å². The Morgan fingerprint density at radius 3 is 2.50 bits per heavy atom. The van der Waals surface area contributed by atoms with Crippen molar-refractivity contribution in [1.82, 2.24) is 5.32 Å². The zero-order valence-corrected chi connectivity index (χ0v) is 11.1. The van der Waals surface area contributed by atoms with Crippen LogP contribution in [0.3, 0.4) is 0 Å². The SMILES string of the molecule is CC(C)CC(NC(C)c1cccc(O)c1)C(=O)O. The van der Waals surface area contributed by atoms with Gasteiger partial charge in [-0.05, 0) is 37.0 Å². The van der Waals surface area contributed by atoms with Crippen LogP contribution in [-0.2, 0) is 4.79 Å². The Balaban J connectivity index is 2.72. The Bertz CT molecular complexity index is 404. The molecule has 18 heavy (non-hydrogen) atoms. The molecule has 2 atom stereocenters. The smallest absolute Gasteiger partial charge is 0.320 e. The Morgan fingerprint density at radius 1 is 1.33 bits per heavy atom. The molecule has 0 saturated heterocycles. The molecule has 4 nitrogen and oxygen atoms in total. The molecule has 0 radical (unpaired) electrons. The number of benzene rings is 1. The summed E-state index contributed by atoms with van der Waals surface area (Å²) in [7, 11) is 0. The molecule has 0 heterocycles. The normalized spacial score (nSPS) is 14.4. The maximum absolute atomic E-state index is 11.2. The topological polar surface area (TPSA) is 69.6 Å². The highest BCUT2D eigenvalue weighted by molar-refractivity contribution is 5.73. The summed E-state index contributed by atoms with van der Waals surface area (Å²) in [4.78, 5) is 11.2. The molecular weight excluding hydrogens is 230 g/mol. The molecule has 3 N–H and O–H groups in total. The van der Waals surface area contributed by atoms with Crippen LogP contribution >= 0.6 is 0 Å². The number of carboxylic acids is 1. The lowest BCUT2D eigenvalue weighted by Crippen LogP contribution is -2.39. The maximum atomic E-state index is 11.2. The fourth-order valence-corrected chi connectivity index (χ4v) is 1.90. The van der Waals surface area contributed by atoms with Crippen molar-refractivity contribution >= 4 is 5.97 Å². The fourth-order valence-electron chi connectivity index (χ4n) is 1.90. The second-order valence-corrected chi connectivity index (χ2v) is 5.00. The molecule has 0 spiro atoms. The molecule has 0 fully saturated rings. The third-order valence-corrected chi connectivity index (χ3v) is 2.83.